The van der Waals surface area contributed by atoms with Gasteiger partial charge >= 0.3 is 0 Å². The van der Waals surface area contributed by atoms with Crippen molar-refractivity contribution in [1.82, 2.24) is 14.5 Å². The lowest BCUT2D eigenvalue weighted by atomic mass is 9.70. The minimum atomic E-state index is 0.332. The van der Waals surface area contributed by atoms with E-state index >= 15 is 0 Å². The Morgan fingerprint density at radius 2 is 1.75 bits per heavy atom. The molecule has 5 heteroatoms. The molecule has 0 aliphatic heterocycles. The number of hydrogen-bond acceptors (Lipinski definition) is 3. The van der Waals surface area contributed by atoms with Gasteiger partial charge in [-0.3, -0.25) is 0 Å². The number of nitrogens with one attached hydrogen (secondary N) is 1. The molecule has 1 N–H and O–H groups in total. The predicted octanol–water partition coefficient (Wildman–Crippen LogP) is 7.37. The second-order valence-corrected chi connectivity index (χ2v) is 10.4. The van der Waals surface area contributed by atoms with Crippen LogP contribution in [0, 0.1) is 11.3 Å². The molecule has 0 radical (unpaired) electrons. The van der Waals surface area contributed by atoms with Gasteiger partial charge in [-0.1, -0.05) is 62.7 Å². The molecule has 5 rings (SSSR count). The summed E-state index contributed by atoms with van der Waals surface area (Å²) >= 11 is 6.14. The van der Waals surface area contributed by atoms with Crippen LogP contribution in [0.3, 0.4) is 0 Å². The molecule has 1 fully saturated rings. The first-order valence-electron chi connectivity index (χ1n) is 11.3. The van der Waals surface area contributed by atoms with E-state index in [1.165, 1.54) is 6.42 Å². The van der Waals surface area contributed by atoms with E-state index in [-0.39, 0.29) is 0 Å². The summed E-state index contributed by atoms with van der Waals surface area (Å²) in [4.78, 5) is 9.43. The van der Waals surface area contributed by atoms with Gasteiger partial charge in [-0.05, 0) is 60.4 Å². The molecule has 4 nitrogen and oxygen atoms in total. The fourth-order valence-corrected chi connectivity index (χ4v) is 5.58. The lowest BCUT2D eigenvalue weighted by Crippen LogP contribution is -2.35. The van der Waals surface area contributed by atoms with E-state index in [2.05, 4.69) is 61.1 Å². The molecular formula is C27H29ClN4. The first kappa shape index (κ1) is 21.0. The molecule has 1 aliphatic rings. The number of anilines is 1. The largest absolute Gasteiger partial charge is 0.367 e. The summed E-state index contributed by atoms with van der Waals surface area (Å²) in [5.41, 5.74) is 4.53. The van der Waals surface area contributed by atoms with E-state index in [9.17, 15) is 0 Å². The zero-order valence-corrected chi connectivity index (χ0v) is 19.6. The van der Waals surface area contributed by atoms with E-state index in [0.29, 0.717) is 17.4 Å². The molecule has 164 valence electrons. The summed E-state index contributed by atoms with van der Waals surface area (Å²) in [5, 5.41) is 5.59. The fraction of sp³-hybridized carbons (Fsp3) is 0.333. The lowest BCUT2D eigenvalue weighted by molar-refractivity contribution is 0.178. The van der Waals surface area contributed by atoms with Gasteiger partial charge in [-0.25, -0.2) is 9.97 Å². The Balaban J connectivity index is 1.65. The number of halogens is 1. The fourth-order valence-electron chi connectivity index (χ4n) is 5.46. The van der Waals surface area contributed by atoms with Crippen LogP contribution in [0.2, 0.25) is 5.02 Å². The molecule has 2 aromatic heterocycles. The van der Waals surface area contributed by atoms with Crippen LogP contribution in [-0.4, -0.2) is 20.6 Å². The molecule has 0 amide bonds. The highest BCUT2D eigenvalue weighted by Crippen LogP contribution is 2.41. The maximum atomic E-state index is 6.14. The zero-order valence-electron chi connectivity index (χ0n) is 18.8. The van der Waals surface area contributed by atoms with E-state index < -0.39 is 0 Å². The SMILES string of the molecule is CC1CC(Nc2ncnc3c2c(-c2ccccc2)cn3-c2ccc(Cl)cc2)CC(C)(C)C1. The van der Waals surface area contributed by atoms with Crippen LogP contribution in [0.5, 0.6) is 0 Å². The van der Waals surface area contributed by atoms with Gasteiger partial charge in [-0.2, -0.15) is 0 Å². The summed E-state index contributed by atoms with van der Waals surface area (Å²) in [7, 11) is 0. The van der Waals surface area contributed by atoms with Crippen LogP contribution >= 0.6 is 11.6 Å². The summed E-state index contributed by atoms with van der Waals surface area (Å²) in [5.74, 6) is 1.61. The number of rotatable bonds is 4. The monoisotopic (exact) mass is 444 g/mol. The van der Waals surface area contributed by atoms with Crippen molar-refractivity contribution in [3.63, 3.8) is 0 Å². The van der Waals surface area contributed by atoms with Crippen LogP contribution in [0.25, 0.3) is 27.8 Å². The molecule has 2 heterocycles. The summed E-state index contributed by atoms with van der Waals surface area (Å²) in [6, 6.07) is 18.7. The van der Waals surface area contributed by atoms with Crippen LogP contribution < -0.4 is 5.32 Å². The Hall–Kier alpha value is -2.85. The Morgan fingerprint density at radius 1 is 1.00 bits per heavy atom. The molecule has 2 aromatic carbocycles. The van der Waals surface area contributed by atoms with Crippen molar-refractivity contribution in [3.05, 3.63) is 72.1 Å². The van der Waals surface area contributed by atoms with Crippen molar-refractivity contribution in [3.8, 4) is 16.8 Å². The molecule has 1 saturated carbocycles. The number of fused-ring (bicyclic) bond motifs is 1. The minimum absolute atomic E-state index is 0.332. The summed E-state index contributed by atoms with van der Waals surface area (Å²) in [6.45, 7) is 7.11. The van der Waals surface area contributed by atoms with Crippen molar-refractivity contribution >= 4 is 28.5 Å². The number of nitrogens with zero attached hydrogens (tertiary/aromatic N) is 3. The third-order valence-corrected chi connectivity index (χ3v) is 6.75. The molecule has 4 aromatic rings. The Bertz CT molecular complexity index is 1230. The number of benzene rings is 2. The van der Waals surface area contributed by atoms with Gasteiger partial charge in [0.25, 0.3) is 0 Å². The van der Waals surface area contributed by atoms with Crippen LogP contribution in [-0.2, 0) is 0 Å². The molecular weight excluding hydrogens is 416 g/mol. The second-order valence-electron chi connectivity index (χ2n) is 9.93. The maximum absolute atomic E-state index is 6.14. The van der Waals surface area contributed by atoms with Gasteiger partial charge in [0.05, 0.1) is 5.39 Å². The van der Waals surface area contributed by atoms with Gasteiger partial charge in [0.2, 0.25) is 0 Å². The lowest BCUT2D eigenvalue weighted by Gasteiger charge is -2.39. The van der Waals surface area contributed by atoms with E-state index in [1.807, 2.05) is 30.3 Å². The van der Waals surface area contributed by atoms with Crippen LogP contribution in [0.15, 0.2) is 67.1 Å². The second kappa shape index (κ2) is 8.25. The van der Waals surface area contributed by atoms with Gasteiger partial charge in [-0.15, -0.1) is 0 Å². The molecule has 32 heavy (non-hydrogen) atoms. The third kappa shape index (κ3) is 4.12. The number of aromatic nitrogens is 3. The molecule has 2 unspecified atom stereocenters. The normalized spacial score (nSPS) is 20.4. The highest BCUT2D eigenvalue weighted by molar-refractivity contribution is 6.30. The number of hydrogen-bond donors (Lipinski definition) is 1. The van der Waals surface area contributed by atoms with Gasteiger partial charge in [0.15, 0.2) is 5.65 Å². The molecule has 0 bridgehead atoms. The topological polar surface area (TPSA) is 42.7 Å². The van der Waals surface area contributed by atoms with Crippen molar-refractivity contribution in [2.75, 3.05) is 5.32 Å². The molecule has 1 aliphatic carbocycles. The highest BCUT2D eigenvalue weighted by atomic mass is 35.5. The predicted molar refractivity (Wildman–Crippen MR) is 134 cm³/mol. The highest BCUT2D eigenvalue weighted by Gasteiger charge is 2.32. The smallest absolute Gasteiger partial charge is 0.150 e. The molecule has 0 saturated heterocycles. The van der Waals surface area contributed by atoms with E-state index in [1.54, 1.807) is 6.33 Å². The quantitative estimate of drug-likeness (QED) is 0.357. The summed E-state index contributed by atoms with van der Waals surface area (Å²) < 4.78 is 2.13. The van der Waals surface area contributed by atoms with Gasteiger partial charge in [0.1, 0.15) is 12.1 Å². The standard InChI is InChI=1S/C27H29ClN4/c1-18-13-21(15-27(2,3)14-18)31-25-24-23(19-7-5-4-6-8-19)16-32(26(24)30-17-29-25)22-11-9-20(28)10-12-22/h4-12,16-18,21H,13-15H2,1-3H3,(H,29,30,31). The average Bonchev–Trinajstić information content (AvgIpc) is 3.14. The van der Waals surface area contributed by atoms with Crippen LogP contribution in [0.1, 0.15) is 40.0 Å². The third-order valence-electron chi connectivity index (χ3n) is 6.50. The first-order chi connectivity index (χ1) is 15.4. The first-order valence-corrected chi connectivity index (χ1v) is 11.7. The van der Waals surface area contributed by atoms with Crippen LogP contribution in [0.4, 0.5) is 5.82 Å². The van der Waals surface area contributed by atoms with E-state index in [0.717, 1.165) is 51.5 Å². The maximum Gasteiger partial charge on any atom is 0.150 e. The van der Waals surface area contributed by atoms with Crippen molar-refractivity contribution in [2.24, 2.45) is 11.3 Å². The Morgan fingerprint density at radius 3 is 2.47 bits per heavy atom. The van der Waals surface area contributed by atoms with Gasteiger partial charge in [0, 0.05) is 28.5 Å². The Kier molecular flexibility index (Phi) is 5.42. The Labute approximate surface area is 194 Å². The van der Waals surface area contributed by atoms with Gasteiger partial charge < -0.3 is 9.88 Å². The minimum Gasteiger partial charge on any atom is -0.367 e. The van der Waals surface area contributed by atoms with Crippen molar-refractivity contribution < 1.29 is 0 Å². The van der Waals surface area contributed by atoms with E-state index in [4.69, 9.17) is 21.6 Å². The average molecular weight is 445 g/mol. The molecule has 0 spiro atoms. The van der Waals surface area contributed by atoms with Crippen molar-refractivity contribution in [1.29, 1.82) is 0 Å². The zero-order chi connectivity index (χ0) is 22.3. The molecule has 2 atom stereocenters. The van der Waals surface area contributed by atoms with Crippen molar-refractivity contribution in [2.45, 2.75) is 46.1 Å². The summed E-state index contributed by atoms with van der Waals surface area (Å²) in [6.07, 6.45) is 7.40.